The summed E-state index contributed by atoms with van der Waals surface area (Å²) in [7, 11) is 0. The predicted octanol–water partition coefficient (Wildman–Crippen LogP) is 3.37. The van der Waals surface area contributed by atoms with Crippen molar-refractivity contribution in [2.75, 3.05) is 11.1 Å². The molecular weight excluding hydrogens is 281 g/mol. The van der Waals surface area contributed by atoms with Gasteiger partial charge in [-0.15, -0.1) is 0 Å². The van der Waals surface area contributed by atoms with Crippen LogP contribution in [-0.2, 0) is 0 Å². The molecule has 0 aliphatic carbocycles. The Morgan fingerprint density at radius 1 is 1.47 bits per heavy atom. The molecule has 1 aromatic heterocycles. The SMILES string of the molecule is Nc1cnc(Nc2c(F)cccc2Br)s1. The van der Waals surface area contributed by atoms with Crippen LogP contribution in [0.25, 0.3) is 0 Å². The molecule has 0 radical (unpaired) electrons. The van der Waals surface area contributed by atoms with E-state index in [1.165, 1.54) is 23.6 Å². The standard InChI is InChI=1S/C9H7BrFN3S/c10-5-2-1-3-6(11)8(5)14-9-13-4-7(12)15-9/h1-4H,12H2,(H,13,14). The Hall–Kier alpha value is -1.14. The van der Waals surface area contributed by atoms with E-state index in [4.69, 9.17) is 5.73 Å². The molecule has 2 rings (SSSR count). The van der Waals surface area contributed by atoms with Crippen molar-refractivity contribution in [3.8, 4) is 0 Å². The first-order valence-electron chi connectivity index (χ1n) is 4.09. The molecule has 0 atom stereocenters. The van der Waals surface area contributed by atoms with E-state index < -0.39 is 0 Å². The van der Waals surface area contributed by atoms with E-state index in [0.717, 1.165) is 0 Å². The molecule has 0 aliphatic heterocycles. The zero-order valence-corrected chi connectivity index (χ0v) is 9.90. The lowest BCUT2D eigenvalue weighted by Gasteiger charge is -2.05. The van der Waals surface area contributed by atoms with Gasteiger partial charge in [0.05, 0.1) is 11.9 Å². The number of thiazole rings is 1. The third-order valence-electron chi connectivity index (χ3n) is 1.72. The Morgan fingerprint density at radius 3 is 2.87 bits per heavy atom. The maximum absolute atomic E-state index is 13.4. The number of anilines is 3. The molecule has 15 heavy (non-hydrogen) atoms. The molecule has 3 N–H and O–H groups in total. The van der Waals surface area contributed by atoms with Crippen LogP contribution in [0.5, 0.6) is 0 Å². The van der Waals surface area contributed by atoms with E-state index in [1.807, 2.05) is 0 Å². The third-order valence-corrected chi connectivity index (χ3v) is 3.12. The van der Waals surface area contributed by atoms with Crippen LogP contribution in [0.4, 0.5) is 20.2 Å². The second-order valence-corrected chi connectivity index (χ2v) is 4.71. The molecule has 0 amide bonds. The van der Waals surface area contributed by atoms with Crippen molar-refractivity contribution in [3.05, 3.63) is 34.7 Å². The number of hydrogen-bond acceptors (Lipinski definition) is 4. The lowest BCUT2D eigenvalue weighted by Crippen LogP contribution is -1.93. The normalized spacial score (nSPS) is 10.3. The zero-order chi connectivity index (χ0) is 10.8. The molecule has 0 spiro atoms. The molecule has 6 heteroatoms. The van der Waals surface area contributed by atoms with Gasteiger partial charge in [0.15, 0.2) is 5.13 Å². The molecule has 3 nitrogen and oxygen atoms in total. The van der Waals surface area contributed by atoms with Gasteiger partial charge in [-0.25, -0.2) is 9.37 Å². The van der Waals surface area contributed by atoms with Crippen molar-refractivity contribution in [3.63, 3.8) is 0 Å². The third kappa shape index (κ3) is 2.27. The number of benzene rings is 1. The summed E-state index contributed by atoms with van der Waals surface area (Å²) < 4.78 is 14.0. The molecule has 0 saturated carbocycles. The predicted molar refractivity (Wildman–Crippen MR) is 63.9 cm³/mol. The summed E-state index contributed by atoms with van der Waals surface area (Å²) in [5, 5.41) is 4.02. The average Bonchev–Trinajstić information content (AvgIpc) is 2.58. The second kappa shape index (κ2) is 4.16. The number of halogens is 2. The summed E-state index contributed by atoms with van der Waals surface area (Å²) in [5.74, 6) is -0.335. The van der Waals surface area contributed by atoms with E-state index in [1.54, 1.807) is 12.1 Å². The van der Waals surface area contributed by atoms with Gasteiger partial charge >= 0.3 is 0 Å². The van der Waals surface area contributed by atoms with Gasteiger partial charge in [-0.2, -0.15) is 0 Å². The number of rotatable bonds is 2. The number of nitrogen functional groups attached to an aromatic ring is 1. The number of hydrogen-bond donors (Lipinski definition) is 2. The van der Waals surface area contributed by atoms with Crippen LogP contribution in [-0.4, -0.2) is 4.98 Å². The van der Waals surface area contributed by atoms with Gasteiger partial charge in [0.1, 0.15) is 10.8 Å². The van der Waals surface area contributed by atoms with Crippen molar-refractivity contribution < 1.29 is 4.39 Å². The Morgan fingerprint density at radius 2 is 2.27 bits per heavy atom. The van der Waals surface area contributed by atoms with Crippen molar-refractivity contribution in [2.24, 2.45) is 0 Å². The fourth-order valence-corrected chi connectivity index (χ4v) is 2.10. The van der Waals surface area contributed by atoms with E-state index in [9.17, 15) is 4.39 Å². The Kier molecular flexibility index (Phi) is 2.88. The Labute approximate surface area is 98.3 Å². The van der Waals surface area contributed by atoms with Crippen molar-refractivity contribution in [1.82, 2.24) is 4.98 Å². The molecule has 0 fully saturated rings. The molecule has 0 saturated heterocycles. The van der Waals surface area contributed by atoms with Gasteiger partial charge in [0, 0.05) is 4.47 Å². The lowest BCUT2D eigenvalue weighted by molar-refractivity contribution is 0.631. The fraction of sp³-hybridized carbons (Fsp3) is 0. The van der Waals surface area contributed by atoms with Crippen LogP contribution in [0.15, 0.2) is 28.9 Å². The average molecular weight is 288 g/mol. The van der Waals surface area contributed by atoms with Crippen LogP contribution in [0, 0.1) is 5.82 Å². The quantitative estimate of drug-likeness (QED) is 0.890. The van der Waals surface area contributed by atoms with Crippen LogP contribution in [0.1, 0.15) is 0 Å². The highest BCUT2D eigenvalue weighted by atomic mass is 79.9. The largest absolute Gasteiger partial charge is 0.389 e. The van der Waals surface area contributed by atoms with Gasteiger partial charge in [-0.1, -0.05) is 17.4 Å². The smallest absolute Gasteiger partial charge is 0.189 e. The summed E-state index contributed by atoms with van der Waals surface area (Å²) in [6.07, 6.45) is 1.53. The summed E-state index contributed by atoms with van der Waals surface area (Å²) in [6, 6.07) is 4.76. The molecule has 1 aromatic carbocycles. The molecule has 0 aliphatic rings. The topological polar surface area (TPSA) is 50.9 Å². The van der Waals surface area contributed by atoms with Crippen molar-refractivity contribution in [2.45, 2.75) is 0 Å². The molecule has 2 aromatic rings. The summed E-state index contributed by atoms with van der Waals surface area (Å²) in [5.41, 5.74) is 5.89. The first-order chi connectivity index (χ1) is 7.16. The summed E-state index contributed by atoms with van der Waals surface area (Å²) >= 11 is 4.52. The fourth-order valence-electron chi connectivity index (χ4n) is 1.07. The molecule has 1 heterocycles. The first-order valence-corrected chi connectivity index (χ1v) is 5.70. The van der Waals surface area contributed by atoms with Crippen LogP contribution in [0.3, 0.4) is 0 Å². The molecule has 0 unspecified atom stereocenters. The van der Waals surface area contributed by atoms with Crippen LogP contribution in [0.2, 0.25) is 0 Å². The lowest BCUT2D eigenvalue weighted by atomic mass is 10.3. The van der Waals surface area contributed by atoms with Crippen molar-refractivity contribution >= 4 is 43.1 Å². The highest BCUT2D eigenvalue weighted by molar-refractivity contribution is 9.10. The first kappa shape index (κ1) is 10.4. The number of aromatic nitrogens is 1. The maximum Gasteiger partial charge on any atom is 0.189 e. The number of nitrogens with one attached hydrogen (secondary N) is 1. The van der Waals surface area contributed by atoms with Crippen LogP contribution >= 0.6 is 27.3 Å². The number of para-hydroxylation sites is 1. The van der Waals surface area contributed by atoms with Gasteiger partial charge < -0.3 is 11.1 Å². The van der Waals surface area contributed by atoms with E-state index >= 15 is 0 Å². The van der Waals surface area contributed by atoms with E-state index in [0.29, 0.717) is 20.3 Å². The highest BCUT2D eigenvalue weighted by Crippen LogP contribution is 2.30. The van der Waals surface area contributed by atoms with Crippen molar-refractivity contribution in [1.29, 1.82) is 0 Å². The van der Waals surface area contributed by atoms with E-state index in [-0.39, 0.29) is 5.82 Å². The maximum atomic E-state index is 13.4. The van der Waals surface area contributed by atoms with Gasteiger partial charge in [-0.05, 0) is 28.1 Å². The minimum Gasteiger partial charge on any atom is -0.389 e. The Bertz CT molecular complexity index is 466. The van der Waals surface area contributed by atoms with Gasteiger partial charge in [0.25, 0.3) is 0 Å². The summed E-state index contributed by atoms with van der Waals surface area (Å²) in [4.78, 5) is 3.99. The minimum atomic E-state index is -0.335. The number of nitrogens with zero attached hydrogens (tertiary/aromatic N) is 1. The minimum absolute atomic E-state index is 0.335. The number of nitrogens with two attached hydrogens (primary N) is 1. The monoisotopic (exact) mass is 287 g/mol. The highest BCUT2D eigenvalue weighted by Gasteiger charge is 2.08. The van der Waals surface area contributed by atoms with Gasteiger partial charge in [-0.3, -0.25) is 0 Å². The molecule has 0 bridgehead atoms. The van der Waals surface area contributed by atoms with Gasteiger partial charge in [0.2, 0.25) is 0 Å². The summed E-state index contributed by atoms with van der Waals surface area (Å²) in [6.45, 7) is 0. The van der Waals surface area contributed by atoms with Crippen LogP contribution < -0.4 is 11.1 Å². The van der Waals surface area contributed by atoms with E-state index in [2.05, 4.69) is 26.2 Å². The second-order valence-electron chi connectivity index (χ2n) is 2.79. The Balaban J connectivity index is 2.31. The molecule has 78 valence electrons. The zero-order valence-electron chi connectivity index (χ0n) is 7.50. The molecular formula is C9H7BrFN3S.